The van der Waals surface area contributed by atoms with E-state index >= 15 is 0 Å². The van der Waals surface area contributed by atoms with Gasteiger partial charge in [0.2, 0.25) is 0 Å². The normalized spacial score (nSPS) is 17.3. The molecule has 2 aromatic rings. The molecule has 130 valence electrons. The number of amides is 1. The van der Waals surface area contributed by atoms with Crippen LogP contribution in [0, 0.1) is 11.3 Å². The van der Waals surface area contributed by atoms with Crippen molar-refractivity contribution in [2.75, 3.05) is 13.1 Å². The minimum absolute atomic E-state index is 0.0477. The molecule has 0 spiro atoms. The van der Waals surface area contributed by atoms with Crippen LogP contribution in [0.5, 0.6) is 0 Å². The number of imidazole rings is 1. The van der Waals surface area contributed by atoms with Crippen molar-refractivity contribution in [3.63, 3.8) is 0 Å². The number of nitriles is 1. The zero-order valence-corrected chi connectivity index (χ0v) is 14.7. The topological polar surface area (TPSA) is 61.9 Å². The monoisotopic (exact) mass is 336 g/mol. The fraction of sp³-hybridized carbons (Fsp3) is 0.450. The Hall–Kier alpha value is -2.61. The van der Waals surface area contributed by atoms with Crippen molar-refractivity contribution in [1.29, 1.82) is 5.26 Å². The zero-order chi connectivity index (χ0) is 17.6. The molecule has 1 aromatic carbocycles. The van der Waals surface area contributed by atoms with Crippen molar-refractivity contribution >= 4 is 5.91 Å². The zero-order valence-electron chi connectivity index (χ0n) is 14.7. The molecule has 25 heavy (non-hydrogen) atoms. The van der Waals surface area contributed by atoms with Crippen LogP contribution in [-0.2, 0) is 6.54 Å². The van der Waals surface area contributed by atoms with E-state index in [1.54, 1.807) is 18.2 Å². The molecule has 0 aliphatic carbocycles. The minimum Gasteiger partial charge on any atom is -0.338 e. The van der Waals surface area contributed by atoms with Gasteiger partial charge in [-0.3, -0.25) is 4.79 Å². The van der Waals surface area contributed by atoms with E-state index in [1.165, 1.54) is 0 Å². The summed E-state index contributed by atoms with van der Waals surface area (Å²) in [6, 6.07) is 9.17. The molecule has 1 aromatic heterocycles. The Labute approximate surface area is 148 Å². The van der Waals surface area contributed by atoms with Crippen molar-refractivity contribution in [3.05, 3.63) is 53.6 Å². The van der Waals surface area contributed by atoms with Crippen molar-refractivity contribution < 1.29 is 4.79 Å². The summed E-state index contributed by atoms with van der Waals surface area (Å²) in [7, 11) is 0. The first kappa shape index (κ1) is 17.2. The molecule has 1 amide bonds. The van der Waals surface area contributed by atoms with Crippen LogP contribution in [-0.4, -0.2) is 33.4 Å². The van der Waals surface area contributed by atoms with Gasteiger partial charge in [-0.15, -0.1) is 0 Å². The summed E-state index contributed by atoms with van der Waals surface area (Å²) in [5, 5.41) is 9.25. The molecule has 1 fully saturated rings. The Morgan fingerprint density at radius 3 is 3.04 bits per heavy atom. The van der Waals surface area contributed by atoms with Crippen LogP contribution in [0.25, 0.3) is 0 Å². The van der Waals surface area contributed by atoms with Gasteiger partial charge in [0.25, 0.3) is 5.91 Å². The Balaban J connectivity index is 1.76. The predicted molar refractivity (Wildman–Crippen MR) is 96.2 cm³/mol. The van der Waals surface area contributed by atoms with Crippen LogP contribution in [0.15, 0.2) is 36.7 Å². The van der Waals surface area contributed by atoms with E-state index in [0.29, 0.717) is 17.7 Å². The number of hydrogen-bond acceptors (Lipinski definition) is 3. The van der Waals surface area contributed by atoms with E-state index in [4.69, 9.17) is 0 Å². The second kappa shape index (κ2) is 7.98. The summed E-state index contributed by atoms with van der Waals surface area (Å²) in [6.07, 6.45) is 8.19. The summed E-state index contributed by atoms with van der Waals surface area (Å²) in [4.78, 5) is 19.3. The van der Waals surface area contributed by atoms with Crippen LogP contribution in [0.1, 0.15) is 60.3 Å². The second-order valence-corrected chi connectivity index (χ2v) is 6.58. The number of piperidine rings is 1. The quantitative estimate of drug-likeness (QED) is 0.838. The van der Waals surface area contributed by atoms with Crippen LogP contribution in [0.4, 0.5) is 0 Å². The van der Waals surface area contributed by atoms with Gasteiger partial charge in [0.15, 0.2) is 0 Å². The molecule has 2 heterocycles. The Morgan fingerprint density at radius 1 is 1.40 bits per heavy atom. The number of carbonyl (C=O) groups is 1. The fourth-order valence-corrected chi connectivity index (χ4v) is 3.51. The number of carbonyl (C=O) groups excluding carboxylic acids is 1. The molecule has 1 unspecified atom stereocenters. The minimum atomic E-state index is -0.0477. The van der Waals surface area contributed by atoms with Gasteiger partial charge >= 0.3 is 0 Å². The number of hydrogen-bond donors (Lipinski definition) is 0. The SMILES string of the molecule is CCCCn1ccnc1C1CCCN(C(=O)c2ccccc2C#N)C1. The summed E-state index contributed by atoms with van der Waals surface area (Å²) >= 11 is 0. The lowest BCUT2D eigenvalue weighted by atomic mass is 9.96. The van der Waals surface area contributed by atoms with E-state index < -0.39 is 0 Å². The van der Waals surface area contributed by atoms with Crippen molar-refractivity contribution in [3.8, 4) is 6.07 Å². The predicted octanol–water partition coefficient (Wildman–Crippen LogP) is 3.57. The van der Waals surface area contributed by atoms with Gasteiger partial charge in [0.1, 0.15) is 5.82 Å². The number of unbranched alkanes of at least 4 members (excludes halogenated alkanes) is 1. The number of aromatic nitrogens is 2. The molecule has 1 atom stereocenters. The van der Waals surface area contributed by atoms with Crippen molar-refractivity contribution in [2.45, 2.75) is 45.1 Å². The molecule has 0 bridgehead atoms. The Morgan fingerprint density at radius 2 is 2.24 bits per heavy atom. The lowest BCUT2D eigenvalue weighted by molar-refractivity contribution is 0.0703. The lowest BCUT2D eigenvalue weighted by Gasteiger charge is -2.33. The molecule has 0 saturated carbocycles. The van der Waals surface area contributed by atoms with E-state index in [2.05, 4.69) is 22.5 Å². The van der Waals surface area contributed by atoms with E-state index in [1.807, 2.05) is 23.4 Å². The highest BCUT2D eigenvalue weighted by molar-refractivity contribution is 5.96. The van der Waals surface area contributed by atoms with E-state index in [0.717, 1.165) is 44.6 Å². The molecule has 5 nitrogen and oxygen atoms in total. The Kier molecular flexibility index (Phi) is 5.49. The average molecular weight is 336 g/mol. The molecule has 1 saturated heterocycles. The summed E-state index contributed by atoms with van der Waals surface area (Å²) in [5.41, 5.74) is 0.944. The van der Waals surface area contributed by atoms with Crippen molar-refractivity contribution in [2.24, 2.45) is 0 Å². The summed E-state index contributed by atoms with van der Waals surface area (Å²) in [6.45, 7) is 4.57. The van der Waals surface area contributed by atoms with Gasteiger partial charge in [-0.2, -0.15) is 5.26 Å². The molecule has 0 radical (unpaired) electrons. The van der Waals surface area contributed by atoms with Gasteiger partial charge in [-0.05, 0) is 31.4 Å². The highest BCUT2D eigenvalue weighted by Gasteiger charge is 2.28. The highest BCUT2D eigenvalue weighted by Crippen LogP contribution is 2.27. The number of nitrogens with zero attached hydrogens (tertiary/aromatic N) is 4. The molecular formula is C20H24N4O. The molecular weight excluding hydrogens is 312 g/mol. The lowest BCUT2D eigenvalue weighted by Crippen LogP contribution is -2.40. The van der Waals surface area contributed by atoms with Crippen LogP contribution in [0.2, 0.25) is 0 Å². The van der Waals surface area contributed by atoms with E-state index in [9.17, 15) is 10.1 Å². The number of likely N-dealkylation sites (tertiary alicyclic amines) is 1. The summed E-state index contributed by atoms with van der Waals surface area (Å²) in [5.74, 6) is 1.30. The van der Waals surface area contributed by atoms with E-state index in [-0.39, 0.29) is 11.8 Å². The third kappa shape index (κ3) is 3.74. The van der Waals surface area contributed by atoms with Gasteiger partial charge in [-0.25, -0.2) is 4.98 Å². The number of aryl methyl sites for hydroxylation is 1. The maximum Gasteiger partial charge on any atom is 0.255 e. The van der Waals surface area contributed by atoms with Gasteiger partial charge in [0, 0.05) is 37.9 Å². The number of benzene rings is 1. The second-order valence-electron chi connectivity index (χ2n) is 6.58. The molecule has 1 aliphatic rings. The standard InChI is InChI=1S/C20H24N4O/c1-2-3-11-23-13-10-22-19(23)17-8-6-12-24(15-17)20(25)18-9-5-4-7-16(18)14-21/h4-5,7,9-10,13,17H,2-3,6,8,11-12,15H2,1H3. The van der Waals surface area contributed by atoms with Gasteiger partial charge in [0.05, 0.1) is 17.2 Å². The van der Waals surface area contributed by atoms with Crippen LogP contribution < -0.4 is 0 Å². The average Bonchev–Trinajstić information content (AvgIpc) is 3.14. The third-order valence-electron chi connectivity index (χ3n) is 4.85. The maximum atomic E-state index is 12.9. The molecule has 3 rings (SSSR count). The highest BCUT2D eigenvalue weighted by atomic mass is 16.2. The maximum absolute atomic E-state index is 12.9. The van der Waals surface area contributed by atoms with Crippen molar-refractivity contribution in [1.82, 2.24) is 14.5 Å². The molecule has 0 N–H and O–H groups in total. The van der Waals surface area contributed by atoms with Gasteiger partial charge in [-0.1, -0.05) is 25.5 Å². The first-order chi connectivity index (χ1) is 12.2. The Bertz CT molecular complexity index is 774. The first-order valence-electron chi connectivity index (χ1n) is 9.04. The third-order valence-corrected chi connectivity index (χ3v) is 4.85. The molecule has 5 heteroatoms. The smallest absolute Gasteiger partial charge is 0.255 e. The fourth-order valence-electron chi connectivity index (χ4n) is 3.51. The number of rotatable bonds is 5. The van der Waals surface area contributed by atoms with Crippen LogP contribution >= 0.6 is 0 Å². The largest absolute Gasteiger partial charge is 0.338 e. The van der Waals surface area contributed by atoms with Gasteiger partial charge < -0.3 is 9.47 Å². The first-order valence-corrected chi connectivity index (χ1v) is 9.04. The molecule has 1 aliphatic heterocycles. The van der Waals surface area contributed by atoms with Crippen LogP contribution in [0.3, 0.4) is 0 Å². The summed E-state index contributed by atoms with van der Waals surface area (Å²) < 4.78 is 2.23.